The SMILES string of the molecule is O=C(CC1CN(C2CCOC2)C[C@@H]1OC1CCC2=C1CC=C2)CN1CCn2c(cc(C(F)(F)F)cc2=O)C1. The van der Waals surface area contributed by atoms with Crippen molar-refractivity contribution in [2.45, 2.75) is 69.6 Å². The zero-order chi connectivity index (χ0) is 26.4. The molecule has 5 aliphatic rings. The summed E-state index contributed by atoms with van der Waals surface area (Å²) in [6.45, 7) is 4.07. The van der Waals surface area contributed by atoms with Gasteiger partial charge in [-0.2, -0.15) is 13.2 Å². The smallest absolute Gasteiger partial charge is 0.380 e. The zero-order valence-corrected chi connectivity index (χ0v) is 21.4. The van der Waals surface area contributed by atoms with E-state index in [1.54, 1.807) is 0 Å². The van der Waals surface area contributed by atoms with Gasteiger partial charge in [-0.3, -0.25) is 19.4 Å². The molecule has 4 atom stereocenters. The third-order valence-corrected chi connectivity index (χ3v) is 8.76. The molecule has 4 heterocycles. The number of alkyl halides is 3. The number of halogens is 3. The number of likely N-dealkylation sites (tertiary alicyclic amines) is 1. The summed E-state index contributed by atoms with van der Waals surface area (Å²) in [5.41, 5.74) is 1.50. The molecule has 3 unspecified atom stereocenters. The minimum Gasteiger partial charge on any atom is -0.380 e. The Bertz CT molecular complexity index is 1200. The molecule has 0 saturated carbocycles. The van der Waals surface area contributed by atoms with Crippen LogP contribution >= 0.6 is 0 Å². The van der Waals surface area contributed by atoms with Crippen molar-refractivity contribution in [1.82, 2.24) is 14.4 Å². The third kappa shape index (κ3) is 5.28. The molecule has 2 saturated heterocycles. The van der Waals surface area contributed by atoms with Gasteiger partial charge < -0.3 is 14.0 Å². The number of hydrogen-bond donors (Lipinski definition) is 0. The van der Waals surface area contributed by atoms with Crippen LogP contribution in [-0.4, -0.2) is 77.8 Å². The van der Waals surface area contributed by atoms with Crippen LogP contribution in [0.1, 0.15) is 43.4 Å². The van der Waals surface area contributed by atoms with Crippen LogP contribution in [0.5, 0.6) is 0 Å². The lowest BCUT2D eigenvalue weighted by atomic mass is 9.98. The van der Waals surface area contributed by atoms with Crippen molar-refractivity contribution in [3.05, 3.63) is 57.0 Å². The minimum atomic E-state index is -4.58. The third-order valence-electron chi connectivity index (χ3n) is 8.76. The van der Waals surface area contributed by atoms with Gasteiger partial charge in [0.2, 0.25) is 0 Å². The van der Waals surface area contributed by atoms with E-state index in [2.05, 4.69) is 17.1 Å². The van der Waals surface area contributed by atoms with E-state index in [4.69, 9.17) is 9.47 Å². The average Bonchev–Trinajstić information content (AvgIpc) is 3.65. The van der Waals surface area contributed by atoms with E-state index in [9.17, 15) is 22.8 Å². The summed E-state index contributed by atoms with van der Waals surface area (Å²) < 4.78 is 53.4. The van der Waals surface area contributed by atoms with Gasteiger partial charge in [-0.1, -0.05) is 12.2 Å². The number of Topliss-reactive ketones (excluding diaryl/α,β-unsaturated/α-hetero) is 1. The summed E-state index contributed by atoms with van der Waals surface area (Å²) in [4.78, 5) is 29.7. The normalized spacial score (nSPS) is 29.9. The van der Waals surface area contributed by atoms with Gasteiger partial charge in [0.1, 0.15) is 5.78 Å². The molecule has 0 aromatic carbocycles. The summed E-state index contributed by atoms with van der Waals surface area (Å²) in [7, 11) is 0. The Hall–Kier alpha value is -2.27. The molecule has 0 amide bonds. The fourth-order valence-corrected chi connectivity index (χ4v) is 6.79. The molecule has 3 aliphatic heterocycles. The van der Waals surface area contributed by atoms with Crippen molar-refractivity contribution in [2.75, 3.05) is 39.4 Å². The number of hydrogen-bond acceptors (Lipinski definition) is 6. The molecule has 6 rings (SSSR count). The molecule has 10 heteroatoms. The zero-order valence-electron chi connectivity index (χ0n) is 21.4. The van der Waals surface area contributed by atoms with Crippen molar-refractivity contribution < 1.29 is 27.4 Å². The second-order valence-electron chi connectivity index (χ2n) is 11.3. The summed E-state index contributed by atoms with van der Waals surface area (Å²) in [6.07, 6.45) is 4.25. The molecule has 0 bridgehead atoms. The van der Waals surface area contributed by atoms with E-state index in [0.29, 0.717) is 37.4 Å². The lowest BCUT2D eigenvalue weighted by Crippen LogP contribution is -2.42. The molecule has 2 aliphatic carbocycles. The van der Waals surface area contributed by atoms with E-state index >= 15 is 0 Å². The van der Waals surface area contributed by atoms with Crippen LogP contribution in [0.15, 0.2) is 40.2 Å². The molecule has 38 heavy (non-hydrogen) atoms. The fourth-order valence-electron chi connectivity index (χ4n) is 6.79. The van der Waals surface area contributed by atoms with E-state index in [1.807, 2.05) is 4.90 Å². The van der Waals surface area contributed by atoms with Crippen molar-refractivity contribution in [1.29, 1.82) is 0 Å². The van der Waals surface area contributed by atoms with Gasteiger partial charge in [0.15, 0.2) is 0 Å². The van der Waals surface area contributed by atoms with E-state index in [0.717, 1.165) is 51.4 Å². The predicted molar refractivity (Wildman–Crippen MR) is 134 cm³/mol. The maximum absolute atomic E-state index is 13.3. The Labute approximate surface area is 219 Å². The highest BCUT2D eigenvalue weighted by molar-refractivity contribution is 5.80. The van der Waals surface area contributed by atoms with Crippen molar-refractivity contribution in [3.8, 4) is 0 Å². The van der Waals surface area contributed by atoms with Crippen LogP contribution in [0.2, 0.25) is 0 Å². The second-order valence-corrected chi connectivity index (χ2v) is 11.3. The van der Waals surface area contributed by atoms with E-state index < -0.39 is 17.3 Å². The van der Waals surface area contributed by atoms with Gasteiger partial charge in [0, 0.05) is 69.5 Å². The molecule has 0 spiro atoms. The molecular weight excluding hydrogens is 499 g/mol. The number of ether oxygens (including phenoxy) is 2. The quantitative estimate of drug-likeness (QED) is 0.537. The monoisotopic (exact) mass is 533 g/mol. The maximum atomic E-state index is 13.3. The maximum Gasteiger partial charge on any atom is 0.416 e. The van der Waals surface area contributed by atoms with Crippen LogP contribution in [0.3, 0.4) is 0 Å². The van der Waals surface area contributed by atoms with Crippen LogP contribution in [0.25, 0.3) is 0 Å². The van der Waals surface area contributed by atoms with Crippen LogP contribution in [-0.2, 0) is 33.5 Å². The number of aromatic nitrogens is 1. The molecule has 1 aromatic heterocycles. The standard InChI is InChI=1S/C28H34F3N3O4/c29-28(30,31)20-11-22-14-32(7-8-34(22)27(36)12-20)15-23(35)10-19-13-33(21-6-9-37-17-21)16-26(19)38-25-5-4-18-2-1-3-24(18)25/h1-2,11-12,19,21,25-26H,3-10,13-17H2/t19?,21?,25?,26-/m0/s1. The highest BCUT2D eigenvalue weighted by Crippen LogP contribution is 2.39. The van der Waals surface area contributed by atoms with Crippen LogP contribution in [0.4, 0.5) is 13.2 Å². The first-order valence-electron chi connectivity index (χ1n) is 13.7. The second kappa shape index (κ2) is 10.4. The Morgan fingerprint density at radius 1 is 1.16 bits per heavy atom. The van der Waals surface area contributed by atoms with Gasteiger partial charge in [-0.15, -0.1) is 0 Å². The van der Waals surface area contributed by atoms with E-state index in [1.165, 1.54) is 15.7 Å². The van der Waals surface area contributed by atoms with Crippen molar-refractivity contribution >= 4 is 5.78 Å². The highest BCUT2D eigenvalue weighted by Gasteiger charge is 2.41. The Balaban J connectivity index is 1.11. The molecule has 206 valence electrons. The fraction of sp³-hybridized carbons (Fsp3) is 0.643. The minimum absolute atomic E-state index is 0.0352. The van der Waals surface area contributed by atoms with E-state index in [-0.39, 0.29) is 43.5 Å². The summed E-state index contributed by atoms with van der Waals surface area (Å²) >= 11 is 0. The lowest BCUT2D eigenvalue weighted by Gasteiger charge is -2.30. The Morgan fingerprint density at radius 2 is 2.03 bits per heavy atom. The van der Waals surface area contributed by atoms with Gasteiger partial charge in [-0.05, 0) is 42.9 Å². The molecule has 0 N–H and O–H groups in total. The molecule has 2 fully saturated rings. The average molecular weight is 534 g/mol. The van der Waals surface area contributed by atoms with Crippen LogP contribution < -0.4 is 5.56 Å². The topological polar surface area (TPSA) is 64.0 Å². The van der Waals surface area contributed by atoms with Gasteiger partial charge in [0.05, 0.1) is 30.9 Å². The molecule has 0 radical (unpaired) electrons. The van der Waals surface area contributed by atoms with Gasteiger partial charge >= 0.3 is 6.18 Å². The first-order valence-corrected chi connectivity index (χ1v) is 13.7. The van der Waals surface area contributed by atoms with Crippen molar-refractivity contribution in [2.24, 2.45) is 5.92 Å². The molecule has 7 nitrogen and oxygen atoms in total. The number of allylic oxidation sites excluding steroid dienone is 3. The number of carbonyl (C=O) groups excluding carboxylic acids is 1. The highest BCUT2D eigenvalue weighted by atomic mass is 19.4. The summed E-state index contributed by atoms with van der Waals surface area (Å²) in [6, 6.07) is 2.03. The first-order chi connectivity index (χ1) is 18.2. The number of ketones is 1. The van der Waals surface area contributed by atoms with Gasteiger partial charge in [-0.25, -0.2) is 0 Å². The number of fused-ring (bicyclic) bond motifs is 1. The first kappa shape index (κ1) is 26.0. The molecular formula is C28H34F3N3O4. The largest absolute Gasteiger partial charge is 0.416 e. The summed E-state index contributed by atoms with van der Waals surface area (Å²) in [5, 5.41) is 0. The molecule has 1 aromatic rings. The van der Waals surface area contributed by atoms with Crippen molar-refractivity contribution in [3.63, 3.8) is 0 Å². The van der Waals surface area contributed by atoms with Crippen LogP contribution in [0, 0.1) is 5.92 Å². The number of pyridine rings is 1. The lowest BCUT2D eigenvalue weighted by molar-refractivity contribution is -0.138. The Morgan fingerprint density at radius 3 is 2.82 bits per heavy atom. The summed E-state index contributed by atoms with van der Waals surface area (Å²) in [5.74, 6) is 0.128. The number of nitrogens with zero attached hydrogens (tertiary/aromatic N) is 3. The van der Waals surface area contributed by atoms with Gasteiger partial charge in [0.25, 0.3) is 5.56 Å². The number of rotatable bonds is 7. The Kier molecular flexibility index (Phi) is 7.09. The predicted octanol–water partition coefficient (Wildman–Crippen LogP) is 3.17. The number of carbonyl (C=O) groups is 1.